The number of carbonyl (C=O) groups is 2. The number of carbonyl (C=O) groups excluding carboxylic acids is 2. The number of rotatable bonds is 9. The Morgan fingerprint density at radius 2 is 1.74 bits per heavy atom. The van der Waals surface area contributed by atoms with E-state index in [2.05, 4.69) is 15.5 Å². The molecule has 0 saturated carbocycles. The van der Waals surface area contributed by atoms with E-state index >= 15 is 0 Å². The minimum atomic E-state index is -1.12. The molecule has 1 aromatic heterocycles. The standard InChI is InChI=1S/C24H25F2N3O5/c1-14(2)21(28-24(31)32-13-16-8-5-4-6-9-16)22(33-15(3)30)23-27-20(34-29-23)12-17-18(25)10-7-11-19(17)26/h4-11,14,21-22H,12-13H2,1-3H3,(H,28,31)/t21-,22?/m0/s1. The lowest BCUT2D eigenvalue weighted by atomic mass is 9.98. The Hall–Kier alpha value is -3.82. The van der Waals surface area contributed by atoms with Gasteiger partial charge in [-0.05, 0) is 23.6 Å². The minimum absolute atomic E-state index is 0.0518. The van der Waals surface area contributed by atoms with Crippen LogP contribution >= 0.6 is 0 Å². The van der Waals surface area contributed by atoms with Crippen LogP contribution in [0.15, 0.2) is 53.1 Å². The van der Waals surface area contributed by atoms with E-state index < -0.39 is 35.8 Å². The van der Waals surface area contributed by atoms with Crippen molar-refractivity contribution in [2.24, 2.45) is 5.92 Å². The summed E-state index contributed by atoms with van der Waals surface area (Å²) in [5.41, 5.74) is 0.572. The second-order valence-corrected chi connectivity index (χ2v) is 7.93. The Bertz CT molecular complexity index is 1100. The zero-order valence-corrected chi connectivity index (χ0v) is 19.0. The van der Waals surface area contributed by atoms with Gasteiger partial charge >= 0.3 is 12.1 Å². The van der Waals surface area contributed by atoms with Gasteiger partial charge in [0, 0.05) is 12.5 Å². The molecule has 8 nitrogen and oxygen atoms in total. The van der Waals surface area contributed by atoms with Crippen molar-refractivity contribution in [3.8, 4) is 0 Å². The zero-order valence-electron chi connectivity index (χ0n) is 19.0. The van der Waals surface area contributed by atoms with Gasteiger partial charge in [0.25, 0.3) is 0 Å². The van der Waals surface area contributed by atoms with Crippen molar-refractivity contribution in [3.05, 3.63) is 83.0 Å². The molecule has 0 aliphatic rings. The normalized spacial score (nSPS) is 12.8. The zero-order chi connectivity index (χ0) is 24.7. The molecule has 0 saturated heterocycles. The second-order valence-electron chi connectivity index (χ2n) is 7.93. The molecule has 1 heterocycles. The van der Waals surface area contributed by atoms with Gasteiger partial charge in [0.2, 0.25) is 11.7 Å². The fraction of sp³-hybridized carbons (Fsp3) is 0.333. The molecule has 3 aromatic rings. The molecule has 2 aromatic carbocycles. The van der Waals surface area contributed by atoms with E-state index in [0.717, 1.165) is 17.7 Å². The van der Waals surface area contributed by atoms with Crippen LogP contribution in [0.1, 0.15) is 49.7 Å². The third-order valence-electron chi connectivity index (χ3n) is 4.96. The van der Waals surface area contributed by atoms with Gasteiger partial charge in [-0.15, -0.1) is 0 Å². The lowest BCUT2D eigenvalue weighted by Gasteiger charge is -2.28. The van der Waals surface area contributed by atoms with Crippen molar-refractivity contribution in [2.45, 2.75) is 45.9 Å². The van der Waals surface area contributed by atoms with Gasteiger partial charge < -0.3 is 19.3 Å². The van der Waals surface area contributed by atoms with Crippen LogP contribution in [0.4, 0.5) is 13.6 Å². The predicted molar refractivity (Wildman–Crippen MR) is 116 cm³/mol. The summed E-state index contributed by atoms with van der Waals surface area (Å²) < 4.78 is 43.8. The average molecular weight is 473 g/mol. The van der Waals surface area contributed by atoms with Crippen molar-refractivity contribution in [1.29, 1.82) is 0 Å². The summed E-state index contributed by atoms with van der Waals surface area (Å²) in [6.07, 6.45) is -2.14. The molecule has 0 aliphatic heterocycles. The van der Waals surface area contributed by atoms with Gasteiger partial charge in [-0.25, -0.2) is 13.6 Å². The number of aromatic nitrogens is 2. The highest BCUT2D eigenvalue weighted by Gasteiger charge is 2.34. The monoisotopic (exact) mass is 473 g/mol. The van der Waals surface area contributed by atoms with E-state index in [1.54, 1.807) is 13.8 Å². The van der Waals surface area contributed by atoms with E-state index in [1.807, 2.05) is 30.3 Å². The third-order valence-corrected chi connectivity index (χ3v) is 4.96. The number of hydrogen-bond donors (Lipinski definition) is 1. The van der Waals surface area contributed by atoms with E-state index in [0.29, 0.717) is 0 Å². The van der Waals surface area contributed by atoms with Gasteiger partial charge in [0.15, 0.2) is 6.10 Å². The molecule has 0 radical (unpaired) electrons. The van der Waals surface area contributed by atoms with Crippen molar-refractivity contribution >= 4 is 12.1 Å². The number of halogens is 2. The highest BCUT2D eigenvalue weighted by atomic mass is 19.1. The molecule has 0 spiro atoms. The maximum Gasteiger partial charge on any atom is 0.407 e. The first-order chi connectivity index (χ1) is 16.2. The molecule has 3 rings (SSSR count). The highest BCUT2D eigenvalue weighted by Crippen LogP contribution is 2.26. The Labute approximate surface area is 195 Å². The SMILES string of the molecule is CC(=O)OC(c1noc(Cc2c(F)cccc2F)n1)[C@@H](NC(=O)OCc1ccccc1)C(C)C. The first-order valence-corrected chi connectivity index (χ1v) is 10.6. The second kappa shape index (κ2) is 11.4. The van der Waals surface area contributed by atoms with E-state index in [9.17, 15) is 18.4 Å². The summed E-state index contributed by atoms with van der Waals surface area (Å²) in [6.45, 7) is 4.85. The molecule has 1 N–H and O–H groups in total. The average Bonchev–Trinajstić information content (AvgIpc) is 3.26. The molecular formula is C24H25F2N3O5. The van der Waals surface area contributed by atoms with Gasteiger partial charge in [0.1, 0.15) is 18.2 Å². The van der Waals surface area contributed by atoms with Crippen LogP contribution in [0.5, 0.6) is 0 Å². The van der Waals surface area contributed by atoms with Crippen LogP contribution in [0, 0.1) is 17.6 Å². The number of benzene rings is 2. The van der Waals surface area contributed by atoms with E-state index in [-0.39, 0.29) is 36.2 Å². The first kappa shape index (κ1) is 24.8. The molecule has 34 heavy (non-hydrogen) atoms. The lowest BCUT2D eigenvalue weighted by molar-refractivity contribution is -0.149. The van der Waals surface area contributed by atoms with Gasteiger partial charge in [-0.1, -0.05) is 55.4 Å². The van der Waals surface area contributed by atoms with Crippen molar-refractivity contribution in [1.82, 2.24) is 15.5 Å². The molecule has 180 valence electrons. The smallest absolute Gasteiger partial charge is 0.407 e. The summed E-state index contributed by atoms with van der Waals surface area (Å²) in [4.78, 5) is 28.4. The van der Waals surface area contributed by atoms with E-state index in [1.165, 1.54) is 13.0 Å². The molecular weight excluding hydrogens is 448 g/mol. The fourth-order valence-electron chi connectivity index (χ4n) is 3.27. The summed E-state index contributed by atoms with van der Waals surface area (Å²) in [6, 6.07) is 11.8. The molecule has 0 bridgehead atoms. The number of hydrogen-bond acceptors (Lipinski definition) is 7. The molecule has 1 unspecified atom stereocenters. The largest absolute Gasteiger partial charge is 0.452 e. The molecule has 1 amide bonds. The summed E-state index contributed by atoms with van der Waals surface area (Å²) >= 11 is 0. The van der Waals surface area contributed by atoms with E-state index in [4.69, 9.17) is 14.0 Å². The van der Waals surface area contributed by atoms with Crippen molar-refractivity contribution in [2.75, 3.05) is 0 Å². The number of nitrogens with one attached hydrogen (secondary N) is 1. The number of ether oxygens (including phenoxy) is 2. The van der Waals surface area contributed by atoms with Crippen LogP contribution in [0.25, 0.3) is 0 Å². The quantitative estimate of drug-likeness (QED) is 0.457. The molecule has 0 aliphatic carbocycles. The van der Waals surface area contributed by atoms with Crippen LogP contribution in [-0.2, 0) is 27.3 Å². The van der Waals surface area contributed by atoms with Crippen LogP contribution in [-0.4, -0.2) is 28.2 Å². The lowest BCUT2D eigenvalue weighted by Crippen LogP contribution is -2.44. The summed E-state index contributed by atoms with van der Waals surface area (Å²) in [7, 11) is 0. The topological polar surface area (TPSA) is 104 Å². The number of amides is 1. The Morgan fingerprint density at radius 3 is 2.35 bits per heavy atom. The Balaban J connectivity index is 1.77. The molecule has 2 atom stereocenters. The predicted octanol–water partition coefficient (Wildman–Crippen LogP) is 4.49. The third kappa shape index (κ3) is 6.60. The van der Waals surface area contributed by atoms with Gasteiger partial charge in [-0.3, -0.25) is 4.79 Å². The van der Waals surface area contributed by atoms with Crippen molar-refractivity contribution < 1.29 is 32.4 Å². The van der Waals surface area contributed by atoms with Gasteiger partial charge in [-0.2, -0.15) is 4.98 Å². The summed E-state index contributed by atoms with van der Waals surface area (Å²) in [5, 5.41) is 6.52. The number of alkyl carbamates (subject to hydrolysis) is 1. The maximum atomic E-state index is 14.0. The van der Waals surface area contributed by atoms with Crippen LogP contribution in [0.3, 0.4) is 0 Å². The van der Waals surface area contributed by atoms with Crippen molar-refractivity contribution in [3.63, 3.8) is 0 Å². The highest BCUT2D eigenvalue weighted by molar-refractivity contribution is 5.68. The molecule has 10 heteroatoms. The maximum absolute atomic E-state index is 14.0. The Morgan fingerprint density at radius 1 is 1.06 bits per heavy atom. The molecule has 0 fully saturated rings. The minimum Gasteiger partial charge on any atom is -0.452 e. The van der Waals surface area contributed by atoms with Gasteiger partial charge in [0.05, 0.1) is 12.5 Å². The summed E-state index contributed by atoms with van der Waals surface area (Å²) in [5.74, 6) is -2.51. The first-order valence-electron chi connectivity index (χ1n) is 10.6. The van der Waals surface area contributed by atoms with Crippen LogP contribution < -0.4 is 5.32 Å². The number of nitrogens with zero attached hydrogens (tertiary/aromatic N) is 2. The fourth-order valence-corrected chi connectivity index (χ4v) is 3.27. The number of esters is 1. The Kier molecular flexibility index (Phi) is 8.29. The van der Waals surface area contributed by atoms with Crippen LogP contribution in [0.2, 0.25) is 0 Å².